The van der Waals surface area contributed by atoms with Crippen molar-refractivity contribution in [3.63, 3.8) is 0 Å². The van der Waals surface area contributed by atoms with E-state index in [-0.39, 0.29) is 12.3 Å². The molecule has 0 aliphatic heterocycles. The highest BCUT2D eigenvalue weighted by molar-refractivity contribution is 5.90. The van der Waals surface area contributed by atoms with Crippen molar-refractivity contribution in [2.75, 3.05) is 4.90 Å². The van der Waals surface area contributed by atoms with Crippen molar-refractivity contribution in [2.24, 2.45) is 0 Å². The first kappa shape index (κ1) is 22.5. The lowest BCUT2D eigenvalue weighted by molar-refractivity contribution is -0.384. The Morgan fingerprint density at radius 2 is 1.41 bits per heavy atom. The Balaban J connectivity index is 1.66. The van der Waals surface area contributed by atoms with E-state index in [1.807, 2.05) is 78.9 Å². The summed E-state index contributed by atoms with van der Waals surface area (Å²) in [6.07, 6.45) is 1.76. The fraction of sp³-hybridized carbons (Fsp3) is 0.0357. The number of aliphatic hydroxyl groups is 1. The summed E-state index contributed by atoms with van der Waals surface area (Å²) in [5.41, 5.74) is 5.58. The molecule has 0 aliphatic rings. The van der Waals surface area contributed by atoms with Gasteiger partial charge in [-0.15, -0.1) is 0 Å². The van der Waals surface area contributed by atoms with Crippen LogP contribution in [0.3, 0.4) is 0 Å². The number of nitrogens with zero attached hydrogens (tertiary/aromatic N) is 3. The van der Waals surface area contributed by atoms with E-state index >= 15 is 0 Å². The van der Waals surface area contributed by atoms with Gasteiger partial charge in [0.2, 0.25) is 0 Å². The maximum atomic E-state index is 10.9. The molecule has 4 aromatic carbocycles. The molecule has 4 rings (SSSR count). The van der Waals surface area contributed by atoms with Gasteiger partial charge in [0.1, 0.15) is 0 Å². The summed E-state index contributed by atoms with van der Waals surface area (Å²) in [4.78, 5) is 12.5. The van der Waals surface area contributed by atoms with Gasteiger partial charge in [-0.2, -0.15) is 5.26 Å². The van der Waals surface area contributed by atoms with Crippen LogP contribution in [0.25, 0.3) is 11.6 Å². The van der Waals surface area contributed by atoms with Gasteiger partial charge in [0.15, 0.2) is 0 Å². The van der Waals surface area contributed by atoms with E-state index in [0.717, 1.165) is 28.2 Å². The van der Waals surface area contributed by atoms with Gasteiger partial charge in [-0.25, -0.2) is 0 Å². The average molecular weight is 447 g/mol. The maximum absolute atomic E-state index is 10.9. The topological polar surface area (TPSA) is 90.4 Å². The number of aliphatic hydroxyl groups excluding tert-OH is 1. The summed E-state index contributed by atoms with van der Waals surface area (Å²) in [5, 5.41) is 29.9. The van der Waals surface area contributed by atoms with Gasteiger partial charge in [-0.05, 0) is 71.3 Å². The van der Waals surface area contributed by atoms with Gasteiger partial charge in [0, 0.05) is 29.2 Å². The number of hydrogen-bond acceptors (Lipinski definition) is 5. The fourth-order valence-corrected chi connectivity index (χ4v) is 3.60. The quantitative estimate of drug-likeness (QED) is 0.149. The van der Waals surface area contributed by atoms with Crippen LogP contribution in [0.1, 0.15) is 16.7 Å². The molecule has 34 heavy (non-hydrogen) atoms. The molecule has 0 aliphatic carbocycles. The van der Waals surface area contributed by atoms with E-state index < -0.39 is 4.92 Å². The molecule has 0 heterocycles. The van der Waals surface area contributed by atoms with Crippen molar-refractivity contribution >= 4 is 34.4 Å². The number of nitriles is 1. The number of hydrogen-bond donors (Lipinski definition) is 1. The molecule has 166 valence electrons. The summed E-state index contributed by atoms with van der Waals surface area (Å²) < 4.78 is 0. The third kappa shape index (κ3) is 5.01. The minimum Gasteiger partial charge on any atom is -0.392 e. The number of benzene rings is 4. The van der Waals surface area contributed by atoms with E-state index in [4.69, 9.17) is 0 Å². The molecule has 0 amide bonds. The smallest absolute Gasteiger partial charge is 0.269 e. The molecule has 0 atom stereocenters. The van der Waals surface area contributed by atoms with Crippen LogP contribution in [0.4, 0.5) is 22.7 Å². The summed E-state index contributed by atoms with van der Waals surface area (Å²) in [7, 11) is 0. The molecular weight excluding hydrogens is 426 g/mol. The lowest BCUT2D eigenvalue weighted by atomic mass is 10.0. The monoisotopic (exact) mass is 447 g/mol. The second-order valence-electron chi connectivity index (χ2n) is 7.56. The predicted molar refractivity (Wildman–Crippen MR) is 134 cm³/mol. The number of anilines is 3. The molecular formula is C28H21N3O3. The van der Waals surface area contributed by atoms with Crippen LogP contribution in [0.15, 0.2) is 103 Å². The molecule has 0 radical (unpaired) electrons. The van der Waals surface area contributed by atoms with Crippen LogP contribution < -0.4 is 4.90 Å². The van der Waals surface area contributed by atoms with Gasteiger partial charge < -0.3 is 10.0 Å². The molecule has 4 aromatic rings. The van der Waals surface area contributed by atoms with E-state index in [1.165, 1.54) is 12.1 Å². The first-order valence-corrected chi connectivity index (χ1v) is 10.6. The Kier molecular flexibility index (Phi) is 6.78. The Labute approximate surface area is 197 Å². The fourth-order valence-electron chi connectivity index (χ4n) is 3.60. The highest BCUT2D eigenvalue weighted by Gasteiger charge is 2.12. The Hall–Kier alpha value is -4.73. The first-order valence-electron chi connectivity index (χ1n) is 10.6. The summed E-state index contributed by atoms with van der Waals surface area (Å²) in [5.74, 6) is 0. The molecule has 0 aromatic heterocycles. The molecule has 0 fully saturated rings. The van der Waals surface area contributed by atoms with E-state index in [2.05, 4.69) is 11.0 Å². The molecule has 1 N–H and O–H groups in total. The summed E-state index contributed by atoms with van der Waals surface area (Å²) in [6.45, 7) is -0.0113. The minimum atomic E-state index is -0.464. The van der Waals surface area contributed by atoms with Crippen molar-refractivity contribution in [3.8, 4) is 6.07 Å². The van der Waals surface area contributed by atoms with Crippen LogP contribution in [0, 0.1) is 21.4 Å². The van der Waals surface area contributed by atoms with E-state index in [9.17, 15) is 20.5 Å². The minimum absolute atomic E-state index is 0.0113. The van der Waals surface area contributed by atoms with Crippen LogP contribution in [-0.2, 0) is 6.61 Å². The lowest BCUT2D eigenvalue weighted by Gasteiger charge is -2.25. The Morgan fingerprint density at radius 3 is 1.94 bits per heavy atom. The van der Waals surface area contributed by atoms with Gasteiger partial charge in [-0.1, -0.05) is 42.5 Å². The maximum Gasteiger partial charge on any atom is 0.269 e. The van der Waals surface area contributed by atoms with Crippen molar-refractivity contribution < 1.29 is 10.0 Å². The van der Waals surface area contributed by atoms with E-state index in [0.29, 0.717) is 11.1 Å². The Bertz CT molecular complexity index is 1340. The highest BCUT2D eigenvalue weighted by Crippen LogP contribution is 2.34. The van der Waals surface area contributed by atoms with Crippen molar-refractivity contribution in [1.29, 1.82) is 5.26 Å². The third-order valence-corrected chi connectivity index (χ3v) is 5.36. The van der Waals surface area contributed by atoms with Gasteiger partial charge in [0.05, 0.1) is 23.2 Å². The summed E-state index contributed by atoms with van der Waals surface area (Å²) in [6, 6.07) is 33.6. The molecule has 6 nitrogen and oxygen atoms in total. The second kappa shape index (κ2) is 10.3. The zero-order chi connectivity index (χ0) is 23.9. The first-order chi connectivity index (χ1) is 16.6. The second-order valence-corrected chi connectivity index (χ2v) is 7.56. The van der Waals surface area contributed by atoms with E-state index in [1.54, 1.807) is 18.2 Å². The van der Waals surface area contributed by atoms with Crippen molar-refractivity contribution in [1.82, 2.24) is 0 Å². The average Bonchev–Trinajstić information content (AvgIpc) is 2.89. The summed E-state index contributed by atoms with van der Waals surface area (Å²) >= 11 is 0. The number of non-ortho nitro benzene ring substituents is 1. The molecule has 6 heteroatoms. The number of rotatable bonds is 7. The lowest BCUT2D eigenvalue weighted by Crippen LogP contribution is -2.09. The van der Waals surface area contributed by atoms with Gasteiger partial charge in [0.25, 0.3) is 5.69 Å². The number of nitro groups is 1. The number of nitro benzene ring substituents is 1. The van der Waals surface area contributed by atoms with Crippen LogP contribution in [0.2, 0.25) is 0 Å². The molecule has 0 saturated carbocycles. The van der Waals surface area contributed by atoms with Crippen LogP contribution in [0.5, 0.6) is 0 Å². The van der Waals surface area contributed by atoms with Crippen molar-refractivity contribution in [2.45, 2.75) is 6.61 Å². The zero-order valence-electron chi connectivity index (χ0n) is 18.2. The van der Waals surface area contributed by atoms with Crippen LogP contribution >= 0.6 is 0 Å². The normalized spacial score (nSPS) is 11.0. The van der Waals surface area contributed by atoms with Crippen molar-refractivity contribution in [3.05, 3.63) is 130 Å². The predicted octanol–water partition coefficient (Wildman–Crippen LogP) is 6.62. The third-order valence-electron chi connectivity index (χ3n) is 5.36. The molecule has 0 unspecified atom stereocenters. The highest BCUT2D eigenvalue weighted by atomic mass is 16.6. The van der Waals surface area contributed by atoms with Gasteiger partial charge >= 0.3 is 0 Å². The number of para-hydroxylation sites is 1. The largest absolute Gasteiger partial charge is 0.392 e. The standard InChI is InChI=1S/C28H21N3O3/c29-19-24(23-10-16-28(17-11-23)31(33)34)18-21-6-12-26(13-7-21)30(25-4-2-1-3-5-25)27-14-8-22(20-32)9-15-27/h1-18,32H,20H2. The molecule has 0 saturated heterocycles. The van der Waals surface area contributed by atoms with Gasteiger partial charge in [-0.3, -0.25) is 10.1 Å². The SMILES string of the molecule is N#CC(=Cc1ccc(N(c2ccccc2)c2ccc(CO)cc2)cc1)c1ccc([N+](=O)[O-])cc1. The van der Waals surface area contributed by atoms with Crippen LogP contribution in [-0.4, -0.2) is 10.0 Å². The molecule has 0 spiro atoms. The number of allylic oxidation sites excluding steroid dienone is 1. The molecule has 0 bridgehead atoms. The Morgan fingerprint density at radius 1 is 0.853 bits per heavy atom. The zero-order valence-corrected chi connectivity index (χ0v) is 18.2.